The van der Waals surface area contributed by atoms with E-state index in [1.165, 1.54) is 30.0 Å². The number of hydrogen-bond donors (Lipinski definition) is 2. The first-order chi connectivity index (χ1) is 14.3. The number of carbonyl (C=O) groups is 2. The number of methoxy groups -OCH3 is 1. The van der Waals surface area contributed by atoms with Gasteiger partial charge in [-0.05, 0) is 55.7 Å². The molecule has 7 nitrogen and oxygen atoms in total. The van der Waals surface area contributed by atoms with Crippen LogP contribution in [0.2, 0.25) is 5.02 Å². The lowest BCUT2D eigenvalue weighted by Crippen LogP contribution is -2.17. The quantitative estimate of drug-likeness (QED) is 0.714. The number of amides is 1. The van der Waals surface area contributed by atoms with Crippen LogP contribution in [-0.4, -0.2) is 28.8 Å². The maximum atomic E-state index is 13.4. The maximum Gasteiger partial charge on any atom is 0.308 e. The maximum absolute atomic E-state index is 13.4. The molecule has 30 heavy (non-hydrogen) atoms. The van der Waals surface area contributed by atoms with Gasteiger partial charge in [-0.1, -0.05) is 11.6 Å². The van der Waals surface area contributed by atoms with Crippen molar-refractivity contribution in [3.05, 3.63) is 40.3 Å². The molecule has 0 radical (unpaired) electrons. The van der Waals surface area contributed by atoms with Gasteiger partial charge in [-0.3, -0.25) is 14.3 Å². The van der Waals surface area contributed by atoms with Gasteiger partial charge in [0.1, 0.15) is 17.2 Å². The van der Waals surface area contributed by atoms with Crippen LogP contribution in [0.5, 0.6) is 0 Å². The Bertz CT molecular complexity index is 994. The molecule has 2 aliphatic carbocycles. The second-order valence-corrected chi connectivity index (χ2v) is 8.64. The molecule has 160 valence electrons. The SMILES string of the molecule is COC(=O)C1CC2CC(c3nn(C)c(N)c3C(=O)Nc3ccc(F)c(Cl)c3)CC2C1. The molecule has 1 heterocycles. The average Bonchev–Trinajstić information content (AvgIpc) is 3.36. The van der Waals surface area contributed by atoms with Crippen LogP contribution in [0.15, 0.2) is 18.2 Å². The molecular weight excluding hydrogens is 411 g/mol. The number of anilines is 2. The summed E-state index contributed by atoms with van der Waals surface area (Å²) >= 11 is 5.81. The number of nitrogens with zero attached hydrogens (tertiary/aromatic N) is 2. The number of benzene rings is 1. The standard InChI is InChI=1S/C21H24ClFN4O3/c1-27-19(24)17(20(28)25-14-3-4-16(23)15(22)9-14)18(26-27)12-5-10-7-13(21(29)30-2)8-11(10)6-12/h3-4,9-13H,5-8,24H2,1-2H3,(H,25,28). The van der Waals surface area contributed by atoms with Crippen LogP contribution in [-0.2, 0) is 16.6 Å². The van der Waals surface area contributed by atoms with Crippen molar-refractivity contribution in [1.29, 1.82) is 0 Å². The highest BCUT2D eigenvalue weighted by Gasteiger charge is 2.46. The molecule has 0 spiro atoms. The monoisotopic (exact) mass is 434 g/mol. The van der Waals surface area contributed by atoms with Gasteiger partial charge < -0.3 is 15.8 Å². The lowest BCUT2D eigenvalue weighted by molar-refractivity contribution is -0.145. The molecule has 2 saturated carbocycles. The smallest absolute Gasteiger partial charge is 0.308 e. The molecule has 9 heteroatoms. The number of ether oxygens (including phenoxy) is 1. The summed E-state index contributed by atoms with van der Waals surface area (Å²) in [6, 6.07) is 3.99. The summed E-state index contributed by atoms with van der Waals surface area (Å²) in [4.78, 5) is 24.9. The van der Waals surface area contributed by atoms with E-state index in [2.05, 4.69) is 10.4 Å². The van der Waals surface area contributed by atoms with Crippen molar-refractivity contribution in [3.63, 3.8) is 0 Å². The minimum absolute atomic E-state index is 0.0363. The van der Waals surface area contributed by atoms with Crippen LogP contribution in [0.25, 0.3) is 0 Å². The van der Waals surface area contributed by atoms with E-state index in [1.807, 2.05) is 0 Å². The lowest BCUT2D eigenvalue weighted by atomic mass is 9.93. The zero-order valence-electron chi connectivity index (χ0n) is 16.8. The summed E-state index contributed by atoms with van der Waals surface area (Å²) in [5, 5.41) is 7.20. The predicted octanol–water partition coefficient (Wildman–Crippen LogP) is 3.74. The zero-order chi connectivity index (χ0) is 21.6. The second-order valence-electron chi connectivity index (χ2n) is 8.23. The van der Waals surface area contributed by atoms with Gasteiger partial charge >= 0.3 is 5.97 Å². The summed E-state index contributed by atoms with van der Waals surface area (Å²) in [6.45, 7) is 0. The molecule has 1 amide bonds. The second kappa shape index (κ2) is 7.91. The van der Waals surface area contributed by atoms with Crippen LogP contribution in [0.3, 0.4) is 0 Å². The summed E-state index contributed by atoms with van der Waals surface area (Å²) in [5.41, 5.74) is 7.56. The third-order valence-corrected chi connectivity index (χ3v) is 6.75. The van der Waals surface area contributed by atoms with Crippen LogP contribution in [0.4, 0.5) is 15.9 Å². The van der Waals surface area contributed by atoms with Gasteiger partial charge in [0, 0.05) is 18.7 Å². The molecule has 2 atom stereocenters. The molecule has 0 bridgehead atoms. The van der Waals surface area contributed by atoms with E-state index in [1.54, 1.807) is 7.05 Å². The number of nitrogen functional groups attached to an aromatic ring is 1. The Hall–Kier alpha value is -2.61. The van der Waals surface area contributed by atoms with E-state index in [0.717, 1.165) is 25.7 Å². The van der Waals surface area contributed by atoms with Crippen LogP contribution in [0.1, 0.15) is 47.7 Å². The van der Waals surface area contributed by atoms with Crippen molar-refractivity contribution in [2.75, 3.05) is 18.2 Å². The Morgan fingerprint density at radius 1 is 1.27 bits per heavy atom. The van der Waals surface area contributed by atoms with Gasteiger partial charge in [-0.2, -0.15) is 5.10 Å². The van der Waals surface area contributed by atoms with E-state index in [9.17, 15) is 14.0 Å². The molecule has 1 aromatic heterocycles. The first-order valence-electron chi connectivity index (χ1n) is 9.95. The number of carbonyl (C=O) groups excluding carboxylic acids is 2. The van der Waals surface area contributed by atoms with Crippen molar-refractivity contribution in [3.8, 4) is 0 Å². The Balaban J connectivity index is 1.54. The molecular formula is C21H24ClFN4O3. The summed E-state index contributed by atoms with van der Waals surface area (Å²) in [7, 11) is 3.13. The minimum atomic E-state index is -0.556. The van der Waals surface area contributed by atoms with E-state index in [-0.39, 0.29) is 28.6 Å². The molecule has 2 unspecified atom stereocenters. The highest BCUT2D eigenvalue weighted by atomic mass is 35.5. The Morgan fingerprint density at radius 3 is 2.53 bits per heavy atom. The number of aromatic nitrogens is 2. The van der Waals surface area contributed by atoms with Gasteiger partial charge in [0.15, 0.2) is 0 Å². The summed E-state index contributed by atoms with van der Waals surface area (Å²) in [6.07, 6.45) is 3.34. The van der Waals surface area contributed by atoms with E-state index >= 15 is 0 Å². The fourth-order valence-electron chi connectivity index (χ4n) is 5.04. The van der Waals surface area contributed by atoms with E-state index in [4.69, 9.17) is 22.1 Å². The van der Waals surface area contributed by atoms with Gasteiger partial charge in [0.05, 0.1) is 23.7 Å². The first kappa shape index (κ1) is 20.7. The van der Waals surface area contributed by atoms with E-state index in [0.29, 0.717) is 28.8 Å². The van der Waals surface area contributed by atoms with Gasteiger partial charge in [0.2, 0.25) is 0 Å². The lowest BCUT2D eigenvalue weighted by Gasteiger charge is -2.14. The number of nitrogens with one attached hydrogen (secondary N) is 1. The highest BCUT2D eigenvalue weighted by Crippen LogP contribution is 2.53. The number of fused-ring (bicyclic) bond motifs is 1. The first-order valence-corrected chi connectivity index (χ1v) is 10.3. The summed E-state index contributed by atoms with van der Waals surface area (Å²) in [5.74, 6) is 0.0664. The zero-order valence-corrected chi connectivity index (χ0v) is 17.6. The van der Waals surface area contributed by atoms with E-state index < -0.39 is 11.7 Å². The average molecular weight is 435 g/mol. The summed E-state index contributed by atoms with van der Waals surface area (Å²) < 4.78 is 19.8. The molecule has 0 saturated heterocycles. The fourth-order valence-corrected chi connectivity index (χ4v) is 5.22. The van der Waals surface area contributed by atoms with Crippen molar-refractivity contribution in [2.45, 2.75) is 31.6 Å². The molecule has 0 aliphatic heterocycles. The number of rotatable bonds is 4. The van der Waals surface area contributed by atoms with Crippen molar-refractivity contribution >= 4 is 35.0 Å². The highest BCUT2D eigenvalue weighted by molar-refractivity contribution is 6.31. The normalized spacial score (nSPS) is 25.2. The van der Waals surface area contributed by atoms with Crippen LogP contribution >= 0.6 is 11.6 Å². The van der Waals surface area contributed by atoms with Gasteiger partial charge in [0.25, 0.3) is 5.91 Å². The molecule has 1 aromatic carbocycles. The Morgan fingerprint density at radius 2 is 1.93 bits per heavy atom. The van der Waals surface area contributed by atoms with Crippen molar-refractivity contribution in [1.82, 2.24) is 9.78 Å². The third kappa shape index (κ3) is 3.64. The van der Waals surface area contributed by atoms with Crippen LogP contribution < -0.4 is 11.1 Å². The van der Waals surface area contributed by atoms with Crippen molar-refractivity contribution in [2.24, 2.45) is 24.8 Å². The fraction of sp³-hybridized carbons (Fsp3) is 0.476. The molecule has 2 fully saturated rings. The van der Waals surface area contributed by atoms with Gasteiger partial charge in [-0.15, -0.1) is 0 Å². The largest absolute Gasteiger partial charge is 0.469 e. The number of halogens is 2. The molecule has 4 rings (SSSR count). The number of nitrogens with two attached hydrogens (primary N) is 1. The number of aryl methyl sites for hydroxylation is 1. The molecule has 2 aromatic rings. The number of hydrogen-bond acceptors (Lipinski definition) is 5. The minimum Gasteiger partial charge on any atom is -0.469 e. The third-order valence-electron chi connectivity index (χ3n) is 6.46. The Labute approximate surface area is 178 Å². The van der Waals surface area contributed by atoms with Crippen LogP contribution in [0, 0.1) is 23.6 Å². The molecule has 3 N–H and O–H groups in total. The van der Waals surface area contributed by atoms with Crippen molar-refractivity contribution < 1.29 is 18.7 Å². The predicted molar refractivity (Wildman–Crippen MR) is 111 cm³/mol. The number of esters is 1. The topological polar surface area (TPSA) is 99.2 Å². The Kier molecular flexibility index (Phi) is 5.44. The molecule has 2 aliphatic rings. The van der Waals surface area contributed by atoms with Gasteiger partial charge in [-0.25, -0.2) is 4.39 Å².